The average Bonchev–Trinajstić information content (AvgIpc) is 2.59. The summed E-state index contributed by atoms with van der Waals surface area (Å²) in [5.41, 5.74) is 0.899. The summed E-state index contributed by atoms with van der Waals surface area (Å²) in [5.74, 6) is 1.38. The number of halogens is 1. The summed E-state index contributed by atoms with van der Waals surface area (Å²) in [6.07, 6.45) is 0. The maximum absolute atomic E-state index is 13.9. The number of methoxy groups -OCH3 is 2. The van der Waals surface area contributed by atoms with E-state index in [4.69, 9.17) is 9.47 Å². The molecule has 3 heteroatoms. The lowest BCUT2D eigenvalue weighted by atomic mass is 9.93. The SMILES string of the molecule is COc1cc2cccc(OC)c2c2c1ccc1cc(F)cc(C)c12. The molecular weight excluding hydrogens is 303 g/mol. The average molecular weight is 320 g/mol. The number of aryl methyl sites for hydroxylation is 1. The van der Waals surface area contributed by atoms with E-state index in [2.05, 4.69) is 0 Å². The molecule has 0 aliphatic heterocycles. The molecule has 0 radical (unpaired) electrons. The first kappa shape index (κ1) is 14.8. The molecule has 0 fully saturated rings. The minimum atomic E-state index is -0.224. The molecule has 0 aliphatic carbocycles. The Kier molecular flexibility index (Phi) is 3.31. The number of hydrogen-bond donors (Lipinski definition) is 0. The first-order chi connectivity index (χ1) is 11.6. The van der Waals surface area contributed by atoms with Crippen molar-refractivity contribution in [2.45, 2.75) is 6.92 Å². The third-order valence-electron chi connectivity index (χ3n) is 4.58. The molecule has 0 heterocycles. The van der Waals surface area contributed by atoms with Crippen LogP contribution >= 0.6 is 0 Å². The lowest BCUT2D eigenvalue weighted by Gasteiger charge is -2.15. The van der Waals surface area contributed by atoms with E-state index in [-0.39, 0.29) is 5.82 Å². The minimum absolute atomic E-state index is 0.224. The van der Waals surface area contributed by atoms with Gasteiger partial charge in [0.2, 0.25) is 0 Å². The third-order valence-corrected chi connectivity index (χ3v) is 4.58. The molecule has 0 saturated heterocycles. The maximum atomic E-state index is 13.9. The first-order valence-electron chi connectivity index (χ1n) is 7.80. The zero-order valence-electron chi connectivity index (χ0n) is 13.8. The maximum Gasteiger partial charge on any atom is 0.127 e. The normalized spacial score (nSPS) is 11.3. The summed E-state index contributed by atoms with van der Waals surface area (Å²) < 4.78 is 25.1. The van der Waals surface area contributed by atoms with Crippen molar-refractivity contribution in [1.82, 2.24) is 0 Å². The molecule has 0 amide bonds. The molecule has 0 aliphatic rings. The second-order valence-electron chi connectivity index (χ2n) is 5.95. The molecule has 0 atom stereocenters. The largest absolute Gasteiger partial charge is 0.496 e. The standard InChI is InChI=1S/C21H17FO2/c1-12-9-15(22)10-14-7-8-16-18(24-3)11-13-5-4-6-17(23-2)20(13)21(16)19(12)14/h4-11H,1-3H3. The number of ether oxygens (including phenoxy) is 2. The molecule has 0 unspecified atom stereocenters. The van der Waals surface area contributed by atoms with Crippen LogP contribution in [0.3, 0.4) is 0 Å². The minimum Gasteiger partial charge on any atom is -0.496 e. The Bertz CT molecular complexity index is 1100. The van der Waals surface area contributed by atoms with Gasteiger partial charge in [-0.25, -0.2) is 4.39 Å². The van der Waals surface area contributed by atoms with Crippen molar-refractivity contribution in [3.63, 3.8) is 0 Å². The van der Waals surface area contributed by atoms with Crippen LogP contribution in [-0.2, 0) is 0 Å². The van der Waals surface area contributed by atoms with Gasteiger partial charge in [0, 0.05) is 16.2 Å². The summed E-state index contributed by atoms with van der Waals surface area (Å²) in [5, 5.41) is 6.00. The van der Waals surface area contributed by atoms with Crippen molar-refractivity contribution in [2.24, 2.45) is 0 Å². The molecule has 4 aromatic carbocycles. The van der Waals surface area contributed by atoms with E-state index in [1.54, 1.807) is 26.4 Å². The quantitative estimate of drug-likeness (QED) is 0.447. The number of benzene rings is 4. The van der Waals surface area contributed by atoms with Crippen molar-refractivity contribution in [3.8, 4) is 11.5 Å². The highest BCUT2D eigenvalue weighted by molar-refractivity contribution is 6.24. The van der Waals surface area contributed by atoms with Gasteiger partial charge in [0.15, 0.2) is 0 Å². The van der Waals surface area contributed by atoms with Crippen molar-refractivity contribution >= 4 is 32.3 Å². The Morgan fingerprint density at radius 3 is 2.25 bits per heavy atom. The summed E-state index contributed by atoms with van der Waals surface area (Å²) in [6.45, 7) is 1.94. The molecule has 0 N–H and O–H groups in total. The van der Waals surface area contributed by atoms with Gasteiger partial charge >= 0.3 is 0 Å². The van der Waals surface area contributed by atoms with Crippen molar-refractivity contribution in [2.75, 3.05) is 14.2 Å². The van der Waals surface area contributed by atoms with E-state index < -0.39 is 0 Å². The smallest absolute Gasteiger partial charge is 0.127 e. The van der Waals surface area contributed by atoms with Crippen LogP contribution in [0.1, 0.15) is 5.56 Å². The molecule has 24 heavy (non-hydrogen) atoms. The van der Waals surface area contributed by atoms with Gasteiger partial charge in [-0.1, -0.05) is 18.2 Å². The van der Waals surface area contributed by atoms with E-state index in [0.29, 0.717) is 0 Å². The van der Waals surface area contributed by atoms with Crippen LogP contribution in [0.5, 0.6) is 11.5 Å². The summed E-state index contributed by atoms with van der Waals surface area (Å²) in [7, 11) is 3.34. The fourth-order valence-corrected chi connectivity index (χ4v) is 3.59. The van der Waals surface area contributed by atoms with E-state index in [9.17, 15) is 4.39 Å². The molecule has 4 rings (SSSR count). The zero-order valence-corrected chi connectivity index (χ0v) is 13.8. The van der Waals surface area contributed by atoms with Gasteiger partial charge in [0.05, 0.1) is 14.2 Å². The number of hydrogen-bond acceptors (Lipinski definition) is 2. The van der Waals surface area contributed by atoms with Gasteiger partial charge < -0.3 is 9.47 Å². The van der Waals surface area contributed by atoms with Crippen LogP contribution in [0.2, 0.25) is 0 Å². The van der Waals surface area contributed by atoms with Gasteiger partial charge in [-0.15, -0.1) is 0 Å². The summed E-state index contributed by atoms with van der Waals surface area (Å²) >= 11 is 0. The van der Waals surface area contributed by atoms with Crippen LogP contribution in [-0.4, -0.2) is 14.2 Å². The van der Waals surface area contributed by atoms with E-state index >= 15 is 0 Å². The lowest BCUT2D eigenvalue weighted by Crippen LogP contribution is -1.92. The molecule has 2 nitrogen and oxygen atoms in total. The van der Waals surface area contributed by atoms with Crippen LogP contribution in [0, 0.1) is 12.7 Å². The highest BCUT2D eigenvalue weighted by atomic mass is 19.1. The van der Waals surface area contributed by atoms with Crippen molar-refractivity contribution < 1.29 is 13.9 Å². The topological polar surface area (TPSA) is 18.5 Å². The molecule has 120 valence electrons. The summed E-state index contributed by atoms with van der Waals surface area (Å²) in [4.78, 5) is 0. The number of fused-ring (bicyclic) bond motifs is 5. The van der Waals surface area contributed by atoms with Gasteiger partial charge in [-0.3, -0.25) is 0 Å². The zero-order chi connectivity index (χ0) is 16.8. The molecule has 0 saturated carbocycles. The van der Waals surface area contributed by atoms with Gasteiger partial charge in [-0.2, -0.15) is 0 Å². The second-order valence-corrected chi connectivity index (χ2v) is 5.95. The molecule has 0 spiro atoms. The molecular formula is C21H17FO2. The Balaban J connectivity index is 2.38. The van der Waals surface area contributed by atoms with Gasteiger partial charge in [0.1, 0.15) is 17.3 Å². The first-order valence-corrected chi connectivity index (χ1v) is 7.80. The fraction of sp³-hybridized carbons (Fsp3) is 0.143. The van der Waals surface area contributed by atoms with Crippen LogP contribution in [0.25, 0.3) is 32.3 Å². The van der Waals surface area contributed by atoms with E-state index in [1.165, 1.54) is 0 Å². The Morgan fingerprint density at radius 1 is 0.750 bits per heavy atom. The van der Waals surface area contributed by atoms with Gasteiger partial charge in [-0.05, 0) is 59.0 Å². The van der Waals surface area contributed by atoms with Crippen molar-refractivity contribution in [3.05, 3.63) is 59.9 Å². The van der Waals surface area contributed by atoms with Crippen LogP contribution in [0.15, 0.2) is 48.5 Å². The predicted molar refractivity (Wildman–Crippen MR) is 96.8 cm³/mol. The van der Waals surface area contributed by atoms with E-state index in [1.807, 2.05) is 43.3 Å². The van der Waals surface area contributed by atoms with Gasteiger partial charge in [0.25, 0.3) is 0 Å². The molecule has 0 aromatic heterocycles. The van der Waals surface area contributed by atoms with Crippen LogP contribution in [0.4, 0.5) is 4.39 Å². The second kappa shape index (κ2) is 5.38. The Labute approximate surface area is 139 Å². The third kappa shape index (κ3) is 2.01. The molecule has 0 bridgehead atoms. The Morgan fingerprint density at radius 2 is 1.50 bits per heavy atom. The molecule has 4 aromatic rings. The Hall–Kier alpha value is -2.81. The fourth-order valence-electron chi connectivity index (χ4n) is 3.59. The lowest BCUT2D eigenvalue weighted by molar-refractivity contribution is 0.418. The highest BCUT2D eigenvalue weighted by Crippen LogP contribution is 2.42. The predicted octanol–water partition coefficient (Wildman–Crippen LogP) is 5.61. The highest BCUT2D eigenvalue weighted by Gasteiger charge is 2.15. The van der Waals surface area contributed by atoms with Crippen LogP contribution < -0.4 is 9.47 Å². The van der Waals surface area contributed by atoms with Crippen molar-refractivity contribution in [1.29, 1.82) is 0 Å². The monoisotopic (exact) mass is 320 g/mol. The summed E-state index contributed by atoms with van der Waals surface area (Å²) in [6, 6.07) is 15.0. The number of rotatable bonds is 2. The van der Waals surface area contributed by atoms with E-state index in [0.717, 1.165) is 49.4 Å².